The van der Waals surface area contributed by atoms with Gasteiger partial charge in [0.2, 0.25) is 0 Å². The quantitative estimate of drug-likeness (QED) is 0.770. The van der Waals surface area contributed by atoms with E-state index in [1.54, 1.807) is 22.6 Å². The summed E-state index contributed by atoms with van der Waals surface area (Å²) in [5, 5.41) is 12.1. The minimum absolute atomic E-state index is 0.292. The average molecular weight is 364 g/mol. The van der Waals surface area contributed by atoms with E-state index in [9.17, 15) is 4.79 Å². The molecule has 0 atom stereocenters. The number of carbonyl (C=O) groups excluding carboxylic acids is 1. The minimum Gasteiger partial charge on any atom is -0.304 e. The molecule has 3 aromatic rings. The molecular weight excluding hydrogens is 349 g/mol. The summed E-state index contributed by atoms with van der Waals surface area (Å²) in [6.07, 6.45) is 3.19. The molecule has 8 heteroatoms. The van der Waals surface area contributed by atoms with Crippen LogP contribution in [0.2, 0.25) is 10.0 Å². The van der Waals surface area contributed by atoms with Gasteiger partial charge in [0.1, 0.15) is 5.02 Å². The van der Waals surface area contributed by atoms with Crippen LogP contribution in [0.5, 0.6) is 0 Å². The van der Waals surface area contributed by atoms with E-state index >= 15 is 0 Å². The Labute approximate surface area is 149 Å². The topological polar surface area (TPSA) is 64.7 Å². The number of aryl methyl sites for hydroxylation is 1. The fourth-order valence-corrected chi connectivity index (χ4v) is 2.56. The molecule has 1 amide bonds. The summed E-state index contributed by atoms with van der Waals surface area (Å²) in [6, 6.07) is 7.45. The highest BCUT2D eigenvalue weighted by Crippen LogP contribution is 2.21. The van der Waals surface area contributed by atoms with Crippen LogP contribution >= 0.6 is 23.2 Å². The third-order valence-electron chi connectivity index (χ3n) is 3.69. The van der Waals surface area contributed by atoms with Crippen LogP contribution in [0.3, 0.4) is 0 Å². The van der Waals surface area contributed by atoms with Crippen molar-refractivity contribution in [1.82, 2.24) is 19.6 Å². The fraction of sp³-hybridized carbons (Fsp3) is 0.188. The van der Waals surface area contributed by atoms with Gasteiger partial charge >= 0.3 is 0 Å². The summed E-state index contributed by atoms with van der Waals surface area (Å²) in [4.78, 5) is 12.3. The number of rotatable bonds is 4. The molecule has 0 aliphatic carbocycles. The zero-order valence-corrected chi connectivity index (χ0v) is 14.6. The first-order valence-electron chi connectivity index (χ1n) is 7.21. The Morgan fingerprint density at radius 2 is 1.96 bits per heavy atom. The van der Waals surface area contributed by atoms with E-state index in [1.165, 1.54) is 6.20 Å². The zero-order chi connectivity index (χ0) is 17.3. The summed E-state index contributed by atoms with van der Waals surface area (Å²) >= 11 is 12.0. The largest absolute Gasteiger partial charge is 0.304 e. The smallest absolute Gasteiger partial charge is 0.260 e. The second-order valence-corrected chi connectivity index (χ2v) is 6.21. The molecule has 0 unspecified atom stereocenters. The Morgan fingerprint density at radius 1 is 1.25 bits per heavy atom. The van der Waals surface area contributed by atoms with Gasteiger partial charge in [0, 0.05) is 24.0 Å². The molecule has 0 saturated heterocycles. The lowest BCUT2D eigenvalue weighted by Crippen LogP contribution is -2.14. The normalized spacial score (nSPS) is 10.8. The molecule has 0 aliphatic rings. The Hall–Kier alpha value is -2.31. The van der Waals surface area contributed by atoms with E-state index in [2.05, 4.69) is 15.5 Å². The number of amides is 1. The number of halogens is 2. The SMILES string of the molecule is Cc1c(C(=O)Nc2nn(Cc3ccc(Cl)cc3)cc2Cl)cnn1C. The minimum atomic E-state index is -0.292. The Morgan fingerprint density at radius 3 is 2.58 bits per heavy atom. The van der Waals surface area contributed by atoms with Crippen LogP contribution in [-0.4, -0.2) is 25.5 Å². The van der Waals surface area contributed by atoms with Crippen molar-refractivity contribution in [1.29, 1.82) is 0 Å². The van der Waals surface area contributed by atoms with Crippen molar-refractivity contribution in [3.8, 4) is 0 Å². The molecule has 0 aliphatic heterocycles. The molecule has 2 heterocycles. The first-order chi connectivity index (χ1) is 11.4. The van der Waals surface area contributed by atoms with Crippen LogP contribution in [0.15, 0.2) is 36.7 Å². The van der Waals surface area contributed by atoms with Crippen molar-refractivity contribution >= 4 is 34.9 Å². The number of anilines is 1. The first kappa shape index (κ1) is 16.5. The zero-order valence-electron chi connectivity index (χ0n) is 13.1. The number of nitrogens with one attached hydrogen (secondary N) is 1. The predicted octanol–water partition coefficient (Wildman–Crippen LogP) is 3.53. The number of benzene rings is 1. The molecule has 1 N–H and O–H groups in total. The lowest BCUT2D eigenvalue weighted by molar-refractivity contribution is 0.102. The molecule has 24 heavy (non-hydrogen) atoms. The first-order valence-corrected chi connectivity index (χ1v) is 7.97. The van der Waals surface area contributed by atoms with Gasteiger partial charge in [0.05, 0.1) is 18.3 Å². The average Bonchev–Trinajstić information content (AvgIpc) is 3.05. The van der Waals surface area contributed by atoms with Crippen molar-refractivity contribution < 1.29 is 4.79 Å². The van der Waals surface area contributed by atoms with Crippen molar-refractivity contribution in [2.45, 2.75) is 13.5 Å². The molecular formula is C16H15Cl2N5O. The van der Waals surface area contributed by atoms with Gasteiger partial charge in [-0.05, 0) is 24.6 Å². The molecule has 2 aromatic heterocycles. The van der Waals surface area contributed by atoms with E-state index in [4.69, 9.17) is 23.2 Å². The summed E-state index contributed by atoms with van der Waals surface area (Å²) in [7, 11) is 1.78. The molecule has 0 fully saturated rings. The number of carbonyl (C=O) groups is 1. The van der Waals surface area contributed by atoms with Gasteiger partial charge in [-0.25, -0.2) is 0 Å². The van der Waals surface area contributed by atoms with E-state index in [1.807, 2.05) is 31.2 Å². The van der Waals surface area contributed by atoms with Gasteiger partial charge in [0.15, 0.2) is 5.82 Å². The molecule has 0 bridgehead atoms. The summed E-state index contributed by atoms with van der Waals surface area (Å²) in [5.74, 6) is 0.0260. The molecule has 124 valence electrons. The predicted molar refractivity (Wildman–Crippen MR) is 93.7 cm³/mol. The highest BCUT2D eigenvalue weighted by molar-refractivity contribution is 6.33. The van der Waals surface area contributed by atoms with Gasteiger partial charge in [-0.1, -0.05) is 35.3 Å². The van der Waals surface area contributed by atoms with Gasteiger partial charge in [-0.3, -0.25) is 14.2 Å². The summed E-state index contributed by atoms with van der Waals surface area (Å²) in [5.41, 5.74) is 2.28. The van der Waals surface area contributed by atoms with Crippen molar-refractivity contribution in [2.75, 3.05) is 5.32 Å². The third-order valence-corrected chi connectivity index (χ3v) is 4.22. The molecule has 1 aromatic carbocycles. The standard InChI is InChI=1S/C16H15Cl2N5O/c1-10-13(7-19-22(10)2)16(24)20-15-14(18)9-23(21-15)8-11-3-5-12(17)6-4-11/h3-7,9H,8H2,1-2H3,(H,20,21,24). The van der Waals surface area contributed by atoms with Crippen LogP contribution in [0.1, 0.15) is 21.6 Å². The number of nitrogens with zero attached hydrogens (tertiary/aromatic N) is 4. The number of hydrogen-bond donors (Lipinski definition) is 1. The second kappa shape index (κ2) is 6.67. The second-order valence-electron chi connectivity index (χ2n) is 5.37. The van der Waals surface area contributed by atoms with Crippen LogP contribution in [0.25, 0.3) is 0 Å². The van der Waals surface area contributed by atoms with Crippen LogP contribution in [0, 0.1) is 6.92 Å². The van der Waals surface area contributed by atoms with Crippen LogP contribution in [0.4, 0.5) is 5.82 Å². The maximum atomic E-state index is 12.3. The van der Waals surface area contributed by atoms with Gasteiger partial charge in [-0.15, -0.1) is 0 Å². The van der Waals surface area contributed by atoms with Gasteiger partial charge in [-0.2, -0.15) is 10.2 Å². The number of hydrogen-bond acceptors (Lipinski definition) is 3. The maximum absolute atomic E-state index is 12.3. The fourth-order valence-electron chi connectivity index (χ4n) is 2.24. The van der Waals surface area contributed by atoms with Crippen molar-refractivity contribution in [3.05, 3.63) is 63.5 Å². The molecule has 0 radical (unpaired) electrons. The lowest BCUT2D eigenvalue weighted by Gasteiger charge is -2.03. The van der Waals surface area contributed by atoms with Crippen molar-refractivity contribution in [2.24, 2.45) is 7.05 Å². The highest BCUT2D eigenvalue weighted by Gasteiger charge is 2.16. The third kappa shape index (κ3) is 3.44. The lowest BCUT2D eigenvalue weighted by atomic mass is 10.2. The highest BCUT2D eigenvalue weighted by atomic mass is 35.5. The summed E-state index contributed by atoms with van der Waals surface area (Å²) in [6.45, 7) is 2.35. The van der Waals surface area contributed by atoms with Crippen LogP contribution < -0.4 is 5.32 Å². The maximum Gasteiger partial charge on any atom is 0.260 e. The summed E-state index contributed by atoms with van der Waals surface area (Å²) < 4.78 is 3.30. The molecule has 0 spiro atoms. The number of aromatic nitrogens is 4. The molecule has 6 nitrogen and oxygen atoms in total. The van der Waals surface area contributed by atoms with E-state index < -0.39 is 0 Å². The van der Waals surface area contributed by atoms with E-state index in [0.717, 1.165) is 11.3 Å². The molecule has 0 saturated carbocycles. The van der Waals surface area contributed by atoms with Crippen LogP contribution in [-0.2, 0) is 13.6 Å². The van der Waals surface area contributed by atoms with Gasteiger partial charge in [0.25, 0.3) is 5.91 Å². The Bertz CT molecular complexity index is 883. The monoisotopic (exact) mass is 363 g/mol. The Balaban J connectivity index is 1.75. The van der Waals surface area contributed by atoms with E-state index in [0.29, 0.717) is 28.0 Å². The van der Waals surface area contributed by atoms with E-state index in [-0.39, 0.29) is 5.91 Å². The molecule has 3 rings (SSSR count). The van der Waals surface area contributed by atoms with Gasteiger partial charge < -0.3 is 5.32 Å². The van der Waals surface area contributed by atoms with Crippen molar-refractivity contribution in [3.63, 3.8) is 0 Å². The Kier molecular flexibility index (Phi) is 4.59.